The summed E-state index contributed by atoms with van der Waals surface area (Å²) in [5.74, 6) is 2.52. The Morgan fingerprint density at radius 2 is 1.92 bits per heavy atom. The zero-order chi connectivity index (χ0) is 16.5. The first kappa shape index (κ1) is 15.0. The van der Waals surface area contributed by atoms with E-state index in [4.69, 9.17) is 20.2 Å². The summed E-state index contributed by atoms with van der Waals surface area (Å²) in [6.07, 6.45) is 0.902. The van der Waals surface area contributed by atoms with E-state index in [0.29, 0.717) is 19.8 Å². The van der Waals surface area contributed by atoms with Gasteiger partial charge in [0, 0.05) is 24.2 Å². The van der Waals surface area contributed by atoms with Gasteiger partial charge in [-0.1, -0.05) is 23.8 Å². The van der Waals surface area contributed by atoms with E-state index in [1.165, 1.54) is 5.56 Å². The number of ether oxygens (including phenoxy) is 2. The van der Waals surface area contributed by atoms with Gasteiger partial charge >= 0.3 is 0 Å². The fourth-order valence-corrected chi connectivity index (χ4v) is 3.14. The van der Waals surface area contributed by atoms with Gasteiger partial charge < -0.3 is 19.8 Å². The van der Waals surface area contributed by atoms with Crippen molar-refractivity contribution in [3.8, 4) is 22.9 Å². The van der Waals surface area contributed by atoms with Crippen molar-refractivity contribution in [2.45, 2.75) is 19.9 Å². The van der Waals surface area contributed by atoms with Crippen LogP contribution in [0.4, 0.5) is 0 Å². The van der Waals surface area contributed by atoms with Crippen LogP contribution in [0.15, 0.2) is 36.4 Å². The fourth-order valence-electron chi connectivity index (χ4n) is 3.14. The van der Waals surface area contributed by atoms with Crippen molar-refractivity contribution >= 4 is 11.0 Å². The van der Waals surface area contributed by atoms with Crippen LogP contribution in [0.2, 0.25) is 0 Å². The standard InChI is InChI=1S/C19H21N3O2/c1-13-4-2-5-14(10-13)19-21-15-11-17-18(24-9-8-23-17)12-16(15)22(19)7-3-6-20/h2,4-5,10-12H,3,6-9,20H2,1H3. The Morgan fingerprint density at radius 3 is 2.67 bits per heavy atom. The number of aryl methyl sites for hydroxylation is 2. The van der Waals surface area contributed by atoms with Gasteiger partial charge in [-0.05, 0) is 26.0 Å². The predicted octanol–water partition coefficient (Wildman–Crippen LogP) is 3.13. The molecule has 0 atom stereocenters. The Kier molecular flexibility index (Phi) is 3.86. The number of hydrogen-bond acceptors (Lipinski definition) is 4. The largest absolute Gasteiger partial charge is 0.486 e. The van der Waals surface area contributed by atoms with Crippen LogP contribution in [0.1, 0.15) is 12.0 Å². The topological polar surface area (TPSA) is 62.3 Å². The van der Waals surface area contributed by atoms with Gasteiger partial charge in [-0.25, -0.2) is 4.98 Å². The summed E-state index contributed by atoms with van der Waals surface area (Å²) in [6, 6.07) is 12.4. The normalized spacial score (nSPS) is 13.4. The lowest BCUT2D eigenvalue weighted by Crippen LogP contribution is -2.15. The van der Waals surface area contributed by atoms with Crippen molar-refractivity contribution in [2.24, 2.45) is 5.73 Å². The molecule has 5 nitrogen and oxygen atoms in total. The summed E-state index contributed by atoms with van der Waals surface area (Å²) in [6.45, 7) is 4.74. The summed E-state index contributed by atoms with van der Waals surface area (Å²) in [5.41, 5.74) is 10.1. The van der Waals surface area contributed by atoms with Gasteiger partial charge in [0.2, 0.25) is 0 Å². The highest BCUT2D eigenvalue weighted by Gasteiger charge is 2.18. The van der Waals surface area contributed by atoms with Crippen LogP contribution in [0.3, 0.4) is 0 Å². The number of nitrogens with two attached hydrogens (primary N) is 1. The van der Waals surface area contributed by atoms with Crippen molar-refractivity contribution in [1.82, 2.24) is 9.55 Å². The highest BCUT2D eigenvalue weighted by Crippen LogP contribution is 2.36. The minimum Gasteiger partial charge on any atom is -0.486 e. The molecular formula is C19H21N3O2. The second-order valence-corrected chi connectivity index (χ2v) is 6.08. The third-order valence-electron chi connectivity index (χ3n) is 4.27. The first-order valence-corrected chi connectivity index (χ1v) is 8.33. The molecular weight excluding hydrogens is 302 g/mol. The average Bonchev–Trinajstić information content (AvgIpc) is 2.95. The molecule has 0 bridgehead atoms. The molecule has 0 saturated heterocycles. The lowest BCUT2D eigenvalue weighted by atomic mass is 10.1. The van der Waals surface area contributed by atoms with Crippen molar-refractivity contribution < 1.29 is 9.47 Å². The molecule has 0 aliphatic carbocycles. The minimum absolute atomic E-state index is 0.580. The van der Waals surface area contributed by atoms with Crippen LogP contribution in [0.25, 0.3) is 22.4 Å². The fraction of sp³-hybridized carbons (Fsp3) is 0.316. The maximum Gasteiger partial charge on any atom is 0.163 e. The summed E-state index contributed by atoms with van der Waals surface area (Å²) in [4.78, 5) is 4.87. The van der Waals surface area contributed by atoms with Crippen LogP contribution in [0.5, 0.6) is 11.5 Å². The number of hydrogen-bond donors (Lipinski definition) is 1. The first-order valence-electron chi connectivity index (χ1n) is 8.33. The van der Waals surface area contributed by atoms with E-state index in [9.17, 15) is 0 Å². The average molecular weight is 323 g/mol. The summed E-state index contributed by atoms with van der Waals surface area (Å²) >= 11 is 0. The van der Waals surface area contributed by atoms with Gasteiger partial charge in [0.25, 0.3) is 0 Å². The van der Waals surface area contributed by atoms with Gasteiger partial charge in [-0.2, -0.15) is 0 Å². The highest BCUT2D eigenvalue weighted by atomic mass is 16.6. The van der Waals surface area contributed by atoms with Gasteiger partial charge in [0.1, 0.15) is 19.0 Å². The zero-order valence-corrected chi connectivity index (χ0v) is 13.8. The molecule has 0 radical (unpaired) electrons. The van der Waals surface area contributed by atoms with E-state index in [-0.39, 0.29) is 0 Å². The van der Waals surface area contributed by atoms with Crippen molar-refractivity contribution in [3.63, 3.8) is 0 Å². The van der Waals surface area contributed by atoms with Gasteiger partial charge in [0.05, 0.1) is 11.0 Å². The van der Waals surface area contributed by atoms with E-state index in [2.05, 4.69) is 35.8 Å². The molecule has 1 aliphatic heterocycles. The van der Waals surface area contributed by atoms with Gasteiger partial charge in [0.15, 0.2) is 11.5 Å². The molecule has 0 unspecified atom stereocenters. The first-order chi connectivity index (χ1) is 11.8. The molecule has 0 fully saturated rings. The molecule has 5 heteroatoms. The molecule has 124 valence electrons. The minimum atomic E-state index is 0.580. The van der Waals surface area contributed by atoms with Crippen LogP contribution < -0.4 is 15.2 Å². The summed E-state index contributed by atoms with van der Waals surface area (Å²) in [5, 5.41) is 0. The van der Waals surface area contributed by atoms with Crippen molar-refractivity contribution in [3.05, 3.63) is 42.0 Å². The lowest BCUT2D eigenvalue weighted by molar-refractivity contribution is 0.172. The third-order valence-corrected chi connectivity index (χ3v) is 4.27. The maximum atomic E-state index is 5.73. The molecule has 3 aromatic rings. The van der Waals surface area contributed by atoms with Gasteiger partial charge in [-0.15, -0.1) is 0 Å². The number of rotatable bonds is 4. The number of imidazole rings is 1. The van der Waals surface area contributed by atoms with Gasteiger partial charge in [-0.3, -0.25) is 0 Å². The zero-order valence-electron chi connectivity index (χ0n) is 13.8. The van der Waals surface area contributed by atoms with E-state index < -0.39 is 0 Å². The van der Waals surface area contributed by atoms with E-state index in [1.54, 1.807) is 0 Å². The van der Waals surface area contributed by atoms with E-state index in [1.807, 2.05) is 12.1 Å². The monoisotopic (exact) mass is 323 g/mol. The molecule has 2 heterocycles. The molecule has 1 aromatic heterocycles. The molecule has 2 aromatic carbocycles. The highest BCUT2D eigenvalue weighted by molar-refractivity contribution is 5.84. The smallest absolute Gasteiger partial charge is 0.163 e. The van der Waals surface area contributed by atoms with E-state index >= 15 is 0 Å². The van der Waals surface area contributed by atoms with Crippen molar-refractivity contribution in [1.29, 1.82) is 0 Å². The Bertz CT molecular complexity index is 886. The molecule has 1 aliphatic rings. The number of fused-ring (bicyclic) bond motifs is 2. The molecule has 0 amide bonds. The van der Waals surface area contributed by atoms with Crippen LogP contribution in [0, 0.1) is 6.92 Å². The molecule has 4 rings (SSSR count). The Balaban J connectivity index is 1.91. The molecule has 0 saturated carbocycles. The second-order valence-electron chi connectivity index (χ2n) is 6.08. The predicted molar refractivity (Wildman–Crippen MR) is 94.6 cm³/mol. The molecule has 24 heavy (non-hydrogen) atoms. The number of benzene rings is 2. The summed E-state index contributed by atoms with van der Waals surface area (Å²) < 4.78 is 13.7. The number of nitrogens with zero attached hydrogens (tertiary/aromatic N) is 2. The van der Waals surface area contributed by atoms with Crippen LogP contribution in [-0.2, 0) is 6.54 Å². The van der Waals surface area contributed by atoms with Crippen molar-refractivity contribution in [2.75, 3.05) is 19.8 Å². The Hall–Kier alpha value is -2.53. The Morgan fingerprint density at radius 1 is 1.12 bits per heavy atom. The lowest BCUT2D eigenvalue weighted by Gasteiger charge is -2.18. The summed E-state index contributed by atoms with van der Waals surface area (Å²) in [7, 11) is 0. The third kappa shape index (κ3) is 2.61. The maximum absolute atomic E-state index is 5.73. The molecule has 2 N–H and O–H groups in total. The quantitative estimate of drug-likeness (QED) is 0.801. The van der Waals surface area contributed by atoms with E-state index in [0.717, 1.165) is 46.9 Å². The molecule has 0 spiro atoms. The van der Waals surface area contributed by atoms with Crippen LogP contribution in [-0.4, -0.2) is 29.3 Å². The number of aromatic nitrogens is 2. The van der Waals surface area contributed by atoms with Crippen LogP contribution >= 0.6 is 0 Å². The second kappa shape index (κ2) is 6.17. The Labute approximate surface area is 141 Å². The SMILES string of the molecule is Cc1cccc(-c2nc3cc4c(cc3n2CCCN)OCCO4)c1.